The Balaban J connectivity index is 2.59. The molecule has 1 rings (SSSR count). The van der Waals surface area contributed by atoms with Crippen LogP contribution in [-0.4, -0.2) is 48.9 Å². The predicted molar refractivity (Wildman–Crippen MR) is 60.2 cm³/mol. The highest BCUT2D eigenvalue weighted by Gasteiger charge is 2.37. The highest BCUT2D eigenvalue weighted by molar-refractivity contribution is 5.69. The van der Waals surface area contributed by atoms with Gasteiger partial charge in [0.2, 0.25) is 0 Å². The normalized spacial score (nSPS) is 25.9. The number of nitrogens with zero attached hydrogens (tertiary/aromatic N) is 1. The van der Waals surface area contributed by atoms with E-state index in [2.05, 4.69) is 5.32 Å². The highest BCUT2D eigenvalue weighted by Crippen LogP contribution is 2.22. The van der Waals surface area contributed by atoms with Crippen molar-refractivity contribution in [2.24, 2.45) is 0 Å². The van der Waals surface area contributed by atoms with Crippen LogP contribution in [0.5, 0.6) is 0 Å². The number of likely N-dealkylation sites (tertiary alicyclic amines) is 1. The Labute approximate surface area is 96.1 Å². The number of carbonyl (C=O) groups is 1. The maximum absolute atomic E-state index is 13.3. The zero-order valence-electron chi connectivity index (χ0n) is 10.4. The van der Waals surface area contributed by atoms with Gasteiger partial charge in [-0.3, -0.25) is 0 Å². The van der Waals surface area contributed by atoms with Gasteiger partial charge in [0.05, 0.1) is 12.6 Å². The van der Waals surface area contributed by atoms with Crippen molar-refractivity contribution in [3.8, 4) is 0 Å². The van der Waals surface area contributed by atoms with Crippen LogP contribution in [0.25, 0.3) is 0 Å². The summed E-state index contributed by atoms with van der Waals surface area (Å²) < 4.78 is 18.5. The average molecular weight is 232 g/mol. The molecule has 4 nitrogen and oxygen atoms in total. The van der Waals surface area contributed by atoms with Crippen LogP contribution in [0.1, 0.15) is 27.2 Å². The van der Waals surface area contributed by atoms with Crippen molar-refractivity contribution >= 4 is 6.09 Å². The van der Waals surface area contributed by atoms with Crippen LogP contribution in [0.2, 0.25) is 0 Å². The van der Waals surface area contributed by atoms with E-state index in [9.17, 15) is 9.18 Å². The number of hydrogen-bond donors (Lipinski definition) is 1. The van der Waals surface area contributed by atoms with Gasteiger partial charge >= 0.3 is 6.09 Å². The Morgan fingerprint density at radius 2 is 2.19 bits per heavy atom. The molecule has 1 aliphatic rings. The van der Waals surface area contributed by atoms with Gasteiger partial charge in [-0.15, -0.1) is 0 Å². The van der Waals surface area contributed by atoms with Gasteiger partial charge in [-0.05, 0) is 27.8 Å². The Kier molecular flexibility index (Phi) is 4.13. The molecule has 0 unspecified atom stereocenters. The molecule has 16 heavy (non-hydrogen) atoms. The van der Waals surface area contributed by atoms with Crippen molar-refractivity contribution in [3.63, 3.8) is 0 Å². The number of alkyl halides is 1. The van der Waals surface area contributed by atoms with Crippen LogP contribution in [0.4, 0.5) is 9.18 Å². The van der Waals surface area contributed by atoms with E-state index in [4.69, 9.17) is 4.74 Å². The first-order chi connectivity index (χ1) is 7.33. The van der Waals surface area contributed by atoms with E-state index >= 15 is 0 Å². The number of ether oxygens (including phenoxy) is 1. The fourth-order valence-electron chi connectivity index (χ4n) is 1.83. The molecule has 0 aromatic carbocycles. The van der Waals surface area contributed by atoms with Crippen LogP contribution < -0.4 is 5.32 Å². The van der Waals surface area contributed by atoms with Gasteiger partial charge in [0.15, 0.2) is 0 Å². The Bertz CT molecular complexity index is 253. The number of likely N-dealkylation sites (N-methyl/N-ethyl adjacent to an activating group) is 1. The number of amides is 1. The van der Waals surface area contributed by atoms with E-state index in [0.717, 1.165) is 0 Å². The van der Waals surface area contributed by atoms with Gasteiger partial charge in [0.1, 0.15) is 11.8 Å². The van der Waals surface area contributed by atoms with Crippen molar-refractivity contribution in [2.75, 3.05) is 20.1 Å². The SMILES string of the molecule is CNC[C@@H]1C[C@@H](F)CN1C(=O)OC(C)(C)C. The Morgan fingerprint density at radius 3 is 2.69 bits per heavy atom. The molecular formula is C11H21FN2O2. The summed E-state index contributed by atoms with van der Waals surface area (Å²) in [6.45, 7) is 6.16. The van der Waals surface area contributed by atoms with Crippen LogP contribution in [0.3, 0.4) is 0 Å². The predicted octanol–water partition coefficient (Wildman–Crippen LogP) is 1.55. The summed E-state index contributed by atoms with van der Waals surface area (Å²) in [7, 11) is 1.79. The molecule has 1 heterocycles. The molecular weight excluding hydrogens is 211 g/mol. The molecule has 0 radical (unpaired) electrons. The average Bonchev–Trinajstić information content (AvgIpc) is 2.44. The molecule has 0 saturated carbocycles. The van der Waals surface area contributed by atoms with E-state index in [1.165, 1.54) is 4.90 Å². The molecule has 94 valence electrons. The zero-order chi connectivity index (χ0) is 12.3. The summed E-state index contributed by atoms with van der Waals surface area (Å²) >= 11 is 0. The lowest BCUT2D eigenvalue weighted by atomic mass is 10.2. The summed E-state index contributed by atoms with van der Waals surface area (Å²) in [6, 6.07) is -0.102. The first-order valence-electron chi connectivity index (χ1n) is 5.62. The fraction of sp³-hybridized carbons (Fsp3) is 0.909. The lowest BCUT2D eigenvalue weighted by Crippen LogP contribution is -2.43. The topological polar surface area (TPSA) is 41.6 Å². The van der Waals surface area contributed by atoms with Crippen LogP contribution in [-0.2, 0) is 4.74 Å². The van der Waals surface area contributed by atoms with Gasteiger partial charge in [-0.25, -0.2) is 9.18 Å². The van der Waals surface area contributed by atoms with Gasteiger partial charge in [0, 0.05) is 13.0 Å². The molecule has 0 aromatic rings. The maximum Gasteiger partial charge on any atom is 0.410 e. The summed E-state index contributed by atoms with van der Waals surface area (Å²) in [6.07, 6.45) is -0.973. The summed E-state index contributed by atoms with van der Waals surface area (Å²) in [5, 5.41) is 2.96. The molecule has 1 saturated heterocycles. The van der Waals surface area contributed by atoms with E-state index in [1.807, 2.05) is 0 Å². The van der Waals surface area contributed by atoms with Crippen LogP contribution in [0, 0.1) is 0 Å². The minimum atomic E-state index is -0.939. The van der Waals surface area contributed by atoms with Gasteiger partial charge in [-0.1, -0.05) is 0 Å². The van der Waals surface area contributed by atoms with Gasteiger partial charge in [-0.2, -0.15) is 0 Å². The summed E-state index contributed by atoms with van der Waals surface area (Å²) in [5.41, 5.74) is -0.532. The zero-order valence-corrected chi connectivity index (χ0v) is 10.4. The molecule has 1 N–H and O–H groups in total. The minimum Gasteiger partial charge on any atom is -0.444 e. The van der Waals surface area contributed by atoms with Crippen molar-refractivity contribution < 1.29 is 13.9 Å². The summed E-state index contributed by atoms with van der Waals surface area (Å²) in [4.78, 5) is 13.3. The van der Waals surface area contributed by atoms with Crippen molar-refractivity contribution in [1.29, 1.82) is 0 Å². The Morgan fingerprint density at radius 1 is 1.56 bits per heavy atom. The molecule has 0 bridgehead atoms. The number of carbonyl (C=O) groups excluding carboxylic acids is 1. The van der Waals surface area contributed by atoms with Crippen LogP contribution in [0.15, 0.2) is 0 Å². The van der Waals surface area contributed by atoms with Gasteiger partial charge < -0.3 is 15.0 Å². The third-order valence-corrected chi connectivity index (χ3v) is 2.43. The second-order valence-electron chi connectivity index (χ2n) is 5.18. The second kappa shape index (κ2) is 4.99. The van der Waals surface area contributed by atoms with Crippen molar-refractivity contribution in [3.05, 3.63) is 0 Å². The van der Waals surface area contributed by atoms with Gasteiger partial charge in [0.25, 0.3) is 0 Å². The number of hydrogen-bond acceptors (Lipinski definition) is 3. The number of halogens is 1. The standard InChI is InChI=1S/C11H21FN2O2/c1-11(2,3)16-10(15)14-7-8(12)5-9(14)6-13-4/h8-9,13H,5-7H2,1-4H3/t8-,9+/m1/s1. The lowest BCUT2D eigenvalue weighted by Gasteiger charge is -2.28. The molecule has 1 fully saturated rings. The molecule has 0 spiro atoms. The molecule has 5 heteroatoms. The first-order valence-corrected chi connectivity index (χ1v) is 5.62. The molecule has 0 aliphatic carbocycles. The minimum absolute atomic E-state index is 0.102. The lowest BCUT2D eigenvalue weighted by molar-refractivity contribution is 0.0220. The van der Waals surface area contributed by atoms with E-state index in [1.54, 1.807) is 27.8 Å². The summed E-state index contributed by atoms with van der Waals surface area (Å²) in [5.74, 6) is 0. The number of nitrogens with one attached hydrogen (secondary N) is 1. The second-order valence-corrected chi connectivity index (χ2v) is 5.18. The first kappa shape index (κ1) is 13.2. The molecule has 1 amide bonds. The Hall–Kier alpha value is -0.840. The smallest absolute Gasteiger partial charge is 0.410 e. The van der Waals surface area contributed by atoms with E-state index in [0.29, 0.717) is 13.0 Å². The maximum atomic E-state index is 13.3. The van der Waals surface area contributed by atoms with Crippen LogP contribution >= 0.6 is 0 Å². The third kappa shape index (κ3) is 3.63. The third-order valence-electron chi connectivity index (χ3n) is 2.43. The van der Waals surface area contributed by atoms with E-state index < -0.39 is 17.9 Å². The van der Waals surface area contributed by atoms with E-state index in [-0.39, 0.29) is 12.6 Å². The van der Waals surface area contributed by atoms with Crippen molar-refractivity contribution in [1.82, 2.24) is 10.2 Å². The van der Waals surface area contributed by atoms with Crippen molar-refractivity contribution in [2.45, 2.75) is 45.0 Å². The molecule has 0 aromatic heterocycles. The molecule has 1 aliphatic heterocycles. The fourth-order valence-corrected chi connectivity index (χ4v) is 1.83. The highest BCUT2D eigenvalue weighted by atomic mass is 19.1. The number of rotatable bonds is 2. The molecule has 2 atom stereocenters. The quantitative estimate of drug-likeness (QED) is 0.785. The monoisotopic (exact) mass is 232 g/mol. The largest absolute Gasteiger partial charge is 0.444 e.